The summed E-state index contributed by atoms with van der Waals surface area (Å²) in [4.78, 5) is 13.7. The van der Waals surface area contributed by atoms with Crippen LogP contribution in [-0.2, 0) is 6.54 Å². The van der Waals surface area contributed by atoms with E-state index in [4.69, 9.17) is 0 Å². The summed E-state index contributed by atoms with van der Waals surface area (Å²) in [6.07, 6.45) is 0. The van der Waals surface area contributed by atoms with E-state index in [1.165, 1.54) is 5.56 Å². The lowest BCUT2D eigenvalue weighted by Gasteiger charge is -2.36. The van der Waals surface area contributed by atoms with Crippen LogP contribution >= 0.6 is 15.9 Å². The first-order valence-electron chi connectivity index (χ1n) is 4.81. The molecule has 0 aromatic heterocycles. The minimum atomic E-state index is 0.129. The molecule has 0 radical (unpaired) electrons. The lowest BCUT2D eigenvalue weighted by atomic mass is 10.1. The van der Waals surface area contributed by atoms with Gasteiger partial charge in [-0.15, -0.1) is 0 Å². The number of halogens is 1. The molecule has 1 heterocycles. The van der Waals surface area contributed by atoms with Crippen molar-refractivity contribution < 1.29 is 4.79 Å². The highest BCUT2D eigenvalue weighted by molar-refractivity contribution is 9.10. The van der Waals surface area contributed by atoms with E-state index in [-0.39, 0.29) is 6.03 Å². The molecule has 1 aromatic rings. The summed E-state index contributed by atoms with van der Waals surface area (Å²) in [5.41, 5.74) is 2.29. The molecule has 15 heavy (non-hydrogen) atoms. The average Bonchev–Trinajstić information content (AvgIpc) is 2.14. The minimum absolute atomic E-state index is 0.129. The molecule has 1 aliphatic rings. The standard InChI is InChI=1S/C11H14BrN2O/c1-13-7-8-6-9(12)4-5-10(8)14(2,3)11(13)15/h4-6H,7H2,1-3H3/q+1. The van der Waals surface area contributed by atoms with E-state index < -0.39 is 0 Å². The van der Waals surface area contributed by atoms with Crippen LogP contribution in [0, 0.1) is 0 Å². The van der Waals surface area contributed by atoms with Crippen molar-refractivity contribution in [3.63, 3.8) is 0 Å². The fraction of sp³-hybridized carbons (Fsp3) is 0.364. The zero-order valence-electron chi connectivity index (χ0n) is 9.12. The fourth-order valence-corrected chi connectivity index (χ4v) is 2.49. The highest BCUT2D eigenvalue weighted by Gasteiger charge is 2.39. The summed E-state index contributed by atoms with van der Waals surface area (Å²) in [5.74, 6) is 0. The van der Waals surface area contributed by atoms with Crippen molar-refractivity contribution in [1.29, 1.82) is 0 Å². The molecule has 3 nitrogen and oxygen atoms in total. The van der Waals surface area contributed by atoms with Crippen LogP contribution in [0.3, 0.4) is 0 Å². The summed E-state index contributed by atoms with van der Waals surface area (Å²) in [7, 11) is 5.68. The number of benzene rings is 1. The molecule has 0 saturated heterocycles. The molecule has 2 amide bonds. The summed E-state index contributed by atoms with van der Waals surface area (Å²) in [6, 6.07) is 6.21. The molecular formula is C11H14BrN2O+. The van der Waals surface area contributed by atoms with E-state index in [0.717, 1.165) is 10.2 Å². The van der Waals surface area contributed by atoms with Crippen molar-refractivity contribution in [2.24, 2.45) is 0 Å². The van der Waals surface area contributed by atoms with Crippen molar-refractivity contribution in [3.8, 4) is 0 Å². The van der Waals surface area contributed by atoms with Crippen molar-refractivity contribution in [2.45, 2.75) is 6.54 Å². The molecule has 0 atom stereocenters. The van der Waals surface area contributed by atoms with Crippen molar-refractivity contribution >= 4 is 27.6 Å². The number of carbonyl (C=O) groups is 1. The number of hydrogen-bond donors (Lipinski definition) is 0. The summed E-state index contributed by atoms with van der Waals surface area (Å²) >= 11 is 3.45. The maximum absolute atomic E-state index is 12.0. The Kier molecular flexibility index (Phi) is 2.35. The van der Waals surface area contributed by atoms with E-state index in [1.54, 1.807) is 4.90 Å². The lowest BCUT2D eigenvalue weighted by Crippen LogP contribution is -2.56. The third-order valence-corrected chi connectivity index (χ3v) is 3.35. The summed E-state index contributed by atoms with van der Waals surface area (Å²) in [6.45, 7) is 0.690. The number of urea groups is 1. The molecule has 0 unspecified atom stereocenters. The molecule has 4 heteroatoms. The average molecular weight is 270 g/mol. The summed E-state index contributed by atoms with van der Waals surface area (Å²) in [5, 5.41) is 0. The van der Waals surface area contributed by atoms with Crippen LogP contribution in [0.4, 0.5) is 10.5 Å². The first-order chi connectivity index (χ1) is 6.93. The Morgan fingerprint density at radius 3 is 2.73 bits per heavy atom. The number of quaternary nitrogens is 1. The molecule has 0 spiro atoms. The summed E-state index contributed by atoms with van der Waals surface area (Å²) < 4.78 is 1.35. The van der Waals surface area contributed by atoms with E-state index >= 15 is 0 Å². The number of carbonyl (C=O) groups excluding carboxylic acids is 1. The Bertz CT molecular complexity index is 429. The van der Waals surface area contributed by atoms with Gasteiger partial charge in [0.2, 0.25) is 0 Å². The number of hydrogen-bond acceptors (Lipinski definition) is 1. The fourth-order valence-electron chi connectivity index (χ4n) is 2.08. The molecule has 0 fully saturated rings. The van der Waals surface area contributed by atoms with Gasteiger partial charge < -0.3 is 0 Å². The topological polar surface area (TPSA) is 20.3 Å². The van der Waals surface area contributed by atoms with Crippen LogP contribution in [0.25, 0.3) is 0 Å². The van der Waals surface area contributed by atoms with Gasteiger partial charge in [-0.05, 0) is 12.1 Å². The second kappa shape index (κ2) is 3.32. The first kappa shape index (κ1) is 10.6. The SMILES string of the molecule is CN1Cc2cc(Br)ccc2[N+](C)(C)C1=O. The Morgan fingerprint density at radius 2 is 2.07 bits per heavy atom. The Balaban J connectivity index is 2.61. The molecule has 80 valence electrons. The third-order valence-electron chi connectivity index (χ3n) is 2.86. The predicted octanol–water partition coefficient (Wildman–Crippen LogP) is 2.58. The van der Waals surface area contributed by atoms with Gasteiger partial charge in [0.15, 0.2) is 0 Å². The van der Waals surface area contributed by atoms with Crippen molar-refractivity contribution in [1.82, 2.24) is 9.38 Å². The highest BCUT2D eigenvalue weighted by atomic mass is 79.9. The quantitative estimate of drug-likeness (QED) is 0.663. The van der Waals surface area contributed by atoms with Crippen LogP contribution in [0.1, 0.15) is 5.56 Å². The number of nitrogens with zero attached hydrogens (tertiary/aromatic N) is 2. The van der Waals surface area contributed by atoms with E-state index in [1.807, 2.05) is 33.3 Å². The molecule has 2 rings (SSSR count). The number of rotatable bonds is 0. The monoisotopic (exact) mass is 269 g/mol. The molecule has 1 aromatic carbocycles. The van der Waals surface area contributed by atoms with Gasteiger partial charge in [-0.1, -0.05) is 15.9 Å². The van der Waals surface area contributed by atoms with Crippen LogP contribution in [-0.4, -0.2) is 32.1 Å². The maximum atomic E-state index is 12.0. The van der Waals surface area contributed by atoms with Crippen LogP contribution in [0.15, 0.2) is 22.7 Å². The number of fused-ring (bicyclic) bond motifs is 1. The normalized spacial score (nSPS) is 18.9. The minimum Gasteiger partial charge on any atom is -0.291 e. The highest BCUT2D eigenvalue weighted by Crippen LogP contribution is 2.33. The number of amides is 2. The largest absolute Gasteiger partial charge is 0.423 e. The molecule has 0 aliphatic carbocycles. The molecule has 1 aliphatic heterocycles. The third kappa shape index (κ3) is 1.58. The second-order valence-electron chi connectivity index (χ2n) is 4.37. The van der Waals surface area contributed by atoms with Gasteiger partial charge in [-0.3, -0.25) is 4.90 Å². The zero-order valence-corrected chi connectivity index (χ0v) is 10.7. The van der Waals surface area contributed by atoms with E-state index in [9.17, 15) is 4.79 Å². The van der Waals surface area contributed by atoms with Gasteiger partial charge in [0.05, 0.1) is 20.6 Å². The van der Waals surface area contributed by atoms with E-state index in [0.29, 0.717) is 11.0 Å². The van der Waals surface area contributed by atoms with Gasteiger partial charge in [-0.25, -0.2) is 9.28 Å². The van der Waals surface area contributed by atoms with Crippen molar-refractivity contribution in [2.75, 3.05) is 21.1 Å². The molecular weight excluding hydrogens is 256 g/mol. The maximum Gasteiger partial charge on any atom is 0.423 e. The smallest absolute Gasteiger partial charge is 0.291 e. The first-order valence-corrected chi connectivity index (χ1v) is 5.61. The van der Waals surface area contributed by atoms with Gasteiger partial charge in [-0.2, -0.15) is 0 Å². The zero-order chi connectivity index (χ0) is 11.2. The second-order valence-corrected chi connectivity index (χ2v) is 5.28. The van der Waals surface area contributed by atoms with Crippen LogP contribution in [0.5, 0.6) is 0 Å². The lowest BCUT2D eigenvalue weighted by molar-refractivity contribution is 0.173. The Morgan fingerprint density at radius 1 is 1.40 bits per heavy atom. The Hall–Kier alpha value is -0.870. The van der Waals surface area contributed by atoms with Gasteiger partial charge in [0, 0.05) is 23.2 Å². The molecule has 0 bridgehead atoms. The van der Waals surface area contributed by atoms with E-state index in [2.05, 4.69) is 22.0 Å². The van der Waals surface area contributed by atoms with Gasteiger partial charge in [0.1, 0.15) is 5.69 Å². The molecule has 0 saturated carbocycles. The predicted molar refractivity (Wildman–Crippen MR) is 64.6 cm³/mol. The van der Waals surface area contributed by atoms with Crippen LogP contribution < -0.4 is 4.48 Å². The van der Waals surface area contributed by atoms with Crippen molar-refractivity contribution in [3.05, 3.63) is 28.2 Å². The Labute approximate surface area is 98.0 Å². The molecule has 0 N–H and O–H groups in total. The van der Waals surface area contributed by atoms with Gasteiger partial charge >= 0.3 is 6.03 Å². The van der Waals surface area contributed by atoms with Gasteiger partial charge in [0.25, 0.3) is 0 Å². The van der Waals surface area contributed by atoms with Crippen LogP contribution in [0.2, 0.25) is 0 Å².